The highest BCUT2D eigenvalue weighted by Crippen LogP contribution is 2.51. The van der Waals surface area contributed by atoms with Crippen molar-refractivity contribution in [3.63, 3.8) is 0 Å². The molecule has 1 heterocycles. The number of carbonyl (C=O) groups is 1. The zero-order chi connectivity index (χ0) is 15.7. The minimum absolute atomic E-state index is 0.0105. The largest absolute Gasteiger partial charge is 0.377 e. The summed E-state index contributed by atoms with van der Waals surface area (Å²) in [6, 6.07) is 6.55. The van der Waals surface area contributed by atoms with Crippen molar-refractivity contribution in [1.29, 1.82) is 0 Å². The number of halogens is 1. The fourth-order valence-corrected chi connectivity index (χ4v) is 3.97. The minimum Gasteiger partial charge on any atom is -0.377 e. The third kappa shape index (κ3) is 2.89. The Morgan fingerprint density at radius 1 is 1.36 bits per heavy atom. The molecule has 1 aromatic carbocycles. The second kappa shape index (κ2) is 5.99. The number of benzene rings is 1. The molecule has 120 valence electrons. The first kappa shape index (κ1) is 15.5. The van der Waals surface area contributed by atoms with Crippen LogP contribution in [0.3, 0.4) is 0 Å². The van der Waals surface area contributed by atoms with E-state index in [-0.39, 0.29) is 29.3 Å². The number of hydrogen-bond donors (Lipinski definition) is 1. The van der Waals surface area contributed by atoms with Crippen molar-refractivity contribution < 1.29 is 13.9 Å². The Kier molecular flexibility index (Phi) is 4.22. The molecule has 1 aromatic rings. The van der Waals surface area contributed by atoms with Gasteiger partial charge in [-0.3, -0.25) is 4.79 Å². The van der Waals surface area contributed by atoms with Gasteiger partial charge in [0.05, 0.1) is 6.10 Å². The van der Waals surface area contributed by atoms with Crippen molar-refractivity contribution in [3.8, 4) is 0 Å². The number of aryl methyl sites for hydroxylation is 1. The Hall–Kier alpha value is -1.42. The van der Waals surface area contributed by atoms with Crippen LogP contribution < -0.4 is 5.32 Å². The van der Waals surface area contributed by atoms with Gasteiger partial charge in [-0.05, 0) is 37.0 Å². The van der Waals surface area contributed by atoms with E-state index in [4.69, 9.17) is 4.74 Å². The van der Waals surface area contributed by atoms with Crippen LogP contribution in [0.15, 0.2) is 24.3 Å². The summed E-state index contributed by atoms with van der Waals surface area (Å²) in [5.74, 6) is 0.290. The average molecular weight is 305 g/mol. The monoisotopic (exact) mass is 305 g/mol. The van der Waals surface area contributed by atoms with E-state index in [1.807, 2.05) is 0 Å². The van der Waals surface area contributed by atoms with Crippen LogP contribution in [-0.2, 0) is 16.0 Å². The number of ether oxygens (including phenoxy) is 1. The molecule has 0 bridgehead atoms. The van der Waals surface area contributed by atoms with Crippen LogP contribution in [0.5, 0.6) is 0 Å². The highest BCUT2D eigenvalue weighted by atomic mass is 19.1. The Balaban J connectivity index is 1.52. The fraction of sp³-hybridized carbons (Fsp3) is 0.611. The van der Waals surface area contributed by atoms with Gasteiger partial charge < -0.3 is 10.1 Å². The number of carbonyl (C=O) groups excluding carboxylic acids is 1. The molecule has 1 saturated heterocycles. The van der Waals surface area contributed by atoms with Gasteiger partial charge in [0.25, 0.3) is 0 Å². The van der Waals surface area contributed by atoms with Gasteiger partial charge in [0, 0.05) is 30.4 Å². The summed E-state index contributed by atoms with van der Waals surface area (Å²) in [6.07, 6.45) is 3.58. The van der Waals surface area contributed by atoms with Crippen molar-refractivity contribution in [2.45, 2.75) is 51.7 Å². The molecule has 3 nitrogen and oxygen atoms in total. The summed E-state index contributed by atoms with van der Waals surface area (Å²) in [5.41, 5.74) is 1.000. The maximum atomic E-state index is 12.9. The Morgan fingerprint density at radius 2 is 2.09 bits per heavy atom. The molecule has 2 aliphatic rings. The van der Waals surface area contributed by atoms with E-state index in [2.05, 4.69) is 19.2 Å². The van der Waals surface area contributed by atoms with E-state index >= 15 is 0 Å². The molecule has 1 N–H and O–H groups in total. The van der Waals surface area contributed by atoms with Crippen LogP contribution in [0.2, 0.25) is 0 Å². The number of rotatable bonds is 4. The van der Waals surface area contributed by atoms with Crippen LogP contribution in [0, 0.1) is 17.2 Å². The molecule has 1 aliphatic heterocycles. The van der Waals surface area contributed by atoms with Gasteiger partial charge in [-0.25, -0.2) is 4.39 Å². The molecule has 1 amide bonds. The van der Waals surface area contributed by atoms with Gasteiger partial charge in [0.2, 0.25) is 5.91 Å². The zero-order valence-corrected chi connectivity index (χ0v) is 13.3. The SMILES string of the molecule is CC1(C)[C@H](NC(=O)CCc2ccc(F)cc2)[C@H]2CCCO[C@H]21. The van der Waals surface area contributed by atoms with Gasteiger partial charge >= 0.3 is 0 Å². The number of nitrogens with one attached hydrogen (secondary N) is 1. The third-order valence-corrected chi connectivity index (χ3v) is 5.20. The molecular formula is C18H24FNO2. The highest BCUT2D eigenvalue weighted by molar-refractivity contribution is 5.76. The lowest BCUT2D eigenvalue weighted by Gasteiger charge is -2.59. The standard InChI is InChI=1S/C18H24FNO2/c1-18(2)16(14-4-3-11-22-17(14)18)20-15(21)10-7-12-5-8-13(19)9-6-12/h5-6,8-9,14,16-17H,3-4,7,10-11H2,1-2H3,(H,20,21)/t14-,16-,17-/m1/s1. The Morgan fingerprint density at radius 3 is 2.82 bits per heavy atom. The lowest BCUT2D eigenvalue weighted by Crippen LogP contribution is -2.70. The van der Waals surface area contributed by atoms with Crippen molar-refractivity contribution in [3.05, 3.63) is 35.6 Å². The lowest BCUT2D eigenvalue weighted by molar-refractivity contribution is -0.193. The molecule has 2 fully saturated rings. The summed E-state index contributed by atoms with van der Waals surface area (Å²) in [7, 11) is 0. The summed E-state index contributed by atoms with van der Waals surface area (Å²) in [4.78, 5) is 12.2. The summed E-state index contributed by atoms with van der Waals surface area (Å²) in [5, 5.41) is 3.19. The van der Waals surface area contributed by atoms with Crippen molar-refractivity contribution in [2.75, 3.05) is 6.61 Å². The van der Waals surface area contributed by atoms with Crippen LogP contribution in [-0.4, -0.2) is 24.7 Å². The maximum absolute atomic E-state index is 12.9. The van der Waals surface area contributed by atoms with E-state index in [1.54, 1.807) is 12.1 Å². The van der Waals surface area contributed by atoms with E-state index in [0.29, 0.717) is 18.8 Å². The molecule has 1 saturated carbocycles. The first-order valence-electron chi connectivity index (χ1n) is 8.14. The molecule has 0 spiro atoms. The molecule has 0 radical (unpaired) electrons. The highest BCUT2D eigenvalue weighted by Gasteiger charge is 2.58. The average Bonchev–Trinajstić information content (AvgIpc) is 2.52. The second-order valence-corrected chi connectivity index (χ2v) is 7.09. The van der Waals surface area contributed by atoms with Gasteiger partial charge in [0.1, 0.15) is 5.82 Å². The molecule has 4 heteroatoms. The van der Waals surface area contributed by atoms with Crippen LogP contribution in [0.1, 0.15) is 38.7 Å². The van der Waals surface area contributed by atoms with Crippen LogP contribution in [0.25, 0.3) is 0 Å². The molecule has 3 atom stereocenters. The molecule has 0 aromatic heterocycles. The number of hydrogen-bond acceptors (Lipinski definition) is 2. The fourth-order valence-electron chi connectivity index (χ4n) is 3.97. The topological polar surface area (TPSA) is 38.3 Å². The van der Waals surface area contributed by atoms with Crippen molar-refractivity contribution in [2.24, 2.45) is 11.3 Å². The van der Waals surface area contributed by atoms with Gasteiger partial charge in [-0.1, -0.05) is 26.0 Å². The molecule has 22 heavy (non-hydrogen) atoms. The predicted molar refractivity (Wildman–Crippen MR) is 82.9 cm³/mol. The molecule has 0 unspecified atom stereocenters. The molecular weight excluding hydrogens is 281 g/mol. The number of fused-ring (bicyclic) bond motifs is 1. The van der Waals surface area contributed by atoms with E-state index in [9.17, 15) is 9.18 Å². The quantitative estimate of drug-likeness (QED) is 0.928. The molecule has 3 rings (SSSR count). The van der Waals surface area contributed by atoms with Crippen LogP contribution in [0.4, 0.5) is 4.39 Å². The van der Waals surface area contributed by atoms with Crippen molar-refractivity contribution >= 4 is 5.91 Å². The van der Waals surface area contributed by atoms with E-state index in [1.165, 1.54) is 12.1 Å². The first-order chi connectivity index (χ1) is 10.5. The minimum atomic E-state index is -0.243. The van der Waals surface area contributed by atoms with Gasteiger partial charge in [-0.2, -0.15) is 0 Å². The van der Waals surface area contributed by atoms with Gasteiger partial charge in [0.15, 0.2) is 0 Å². The van der Waals surface area contributed by atoms with Crippen molar-refractivity contribution in [1.82, 2.24) is 5.32 Å². The summed E-state index contributed by atoms with van der Waals surface area (Å²) >= 11 is 0. The van der Waals surface area contributed by atoms with Crippen LogP contribution >= 0.6 is 0 Å². The maximum Gasteiger partial charge on any atom is 0.220 e. The lowest BCUT2D eigenvalue weighted by atomic mass is 9.55. The normalized spacial score (nSPS) is 29.3. The van der Waals surface area contributed by atoms with E-state index < -0.39 is 0 Å². The Bertz CT molecular complexity index is 541. The van der Waals surface area contributed by atoms with E-state index in [0.717, 1.165) is 25.0 Å². The number of amides is 1. The summed E-state index contributed by atoms with van der Waals surface area (Å²) < 4.78 is 18.7. The van der Waals surface area contributed by atoms with Gasteiger partial charge in [-0.15, -0.1) is 0 Å². The smallest absolute Gasteiger partial charge is 0.220 e. The summed E-state index contributed by atoms with van der Waals surface area (Å²) in [6.45, 7) is 5.19. The Labute approximate surface area is 131 Å². The first-order valence-corrected chi connectivity index (χ1v) is 8.14. The molecule has 1 aliphatic carbocycles. The second-order valence-electron chi connectivity index (χ2n) is 7.09. The third-order valence-electron chi connectivity index (χ3n) is 5.20. The predicted octanol–water partition coefficient (Wildman–Crippen LogP) is 3.08. The zero-order valence-electron chi connectivity index (χ0n) is 13.3.